The van der Waals surface area contributed by atoms with E-state index in [1.165, 1.54) is 9.13 Å². The lowest BCUT2D eigenvalue weighted by molar-refractivity contribution is 1.15. The van der Waals surface area contributed by atoms with Crippen LogP contribution in [-0.2, 0) is 5.75 Å². The smallest absolute Gasteiger partial charge is 0.0185 e. The first kappa shape index (κ1) is 10.3. The number of nitrogens with two attached hydrogens (primary N) is 1. The molecule has 0 saturated carbocycles. The molecule has 0 spiro atoms. The normalized spacial score (nSPS) is 10.2. The van der Waals surface area contributed by atoms with Crippen molar-refractivity contribution in [1.82, 2.24) is 0 Å². The van der Waals surface area contributed by atoms with E-state index < -0.39 is 0 Å². The second-order valence-corrected chi connectivity index (χ2v) is 4.82. The van der Waals surface area contributed by atoms with Gasteiger partial charge in [-0.15, -0.1) is 0 Å². The molecule has 1 aromatic rings. The summed E-state index contributed by atoms with van der Waals surface area (Å²) in [7, 11) is 0. The van der Waals surface area contributed by atoms with Gasteiger partial charge in [-0.05, 0) is 40.3 Å². The van der Waals surface area contributed by atoms with Crippen LogP contribution in [-0.4, -0.2) is 12.3 Å². The Hall–Kier alpha value is 0.260. The Kier molecular flexibility index (Phi) is 5.02. The quantitative estimate of drug-likeness (QED) is 0.682. The van der Waals surface area contributed by atoms with Crippen LogP contribution in [0.1, 0.15) is 5.56 Å². The van der Waals surface area contributed by atoms with Gasteiger partial charge in [0.1, 0.15) is 0 Å². The molecule has 1 rings (SSSR count). The van der Waals surface area contributed by atoms with Crippen LogP contribution in [0.2, 0.25) is 0 Å². The molecule has 0 unspecified atom stereocenters. The Labute approximate surface area is 91.3 Å². The summed E-state index contributed by atoms with van der Waals surface area (Å²) < 4.78 is 1.29. The molecule has 0 aliphatic heterocycles. The maximum absolute atomic E-state index is 5.39. The van der Waals surface area contributed by atoms with E-state index in [9.17, 15) is 0 Å². The van der Waals surface area contributed by atoms with Crippen molar-refractivity contribution in [3.63, 3.8) is 0 Å². The van der Waals surface area contributed by atoms with E-state index in [4.69, 9.17) is 5.73 Å². The molecule has 0 amide bonds. The molecule has 12 heavy (non-hydrogen) atoms. The molecule has 1 nitrogen and oxygen atoms in total. The van der Waals surface area contributed by atoms with Gasteiger partial charge in [0.25, 0.3) is 0 Å². The van der Waals surface area contributed by atoms with Crippen LogP contribution >= 0.6 is 34.4 Å². The molecule has 0 aromatic heterocycles. The fraction of sp³-hybridized carbons (Fsp3) is 0.333. The van der Waals surface area contributed by atoms with E-state index in [1.54, 1.807) is 0 Å². The average Bonchev–Trinajstić information content (AvgIpc) is 2.09. The third-order valence-corrected chi connectivity index (χ3v) is 3.23. The van der Waals surface area contributed by atoms with Crippen LogP contribution in [0.5, 0.6) is 0 Å². The zero-order valence-electron chi connectivity index (χ0n) is 6.79. The van der Waals surface area contributed by atoms with Crippen molar-refractivity contribution in [3.8, 4) is 0 Å². The number of hydrogen-bond donors (Lipinski definition) is 1. The Morgan fingerprint density at radius 1 is 1.25 bits per heavy atom. The molecule has 0 bridgehead atoms. The van der Waals surface area contributed by atoms with Crippen LogP contribution in [0, 0.1) is 3.57 Å². The molecule has 0 aliphatic rings. The van der Waals surface area contributed by atoms with Crippen molar-refractivity contribution in [2.24, 2.45) is 5.73 Å². The van der Waals surface area contributed by atoms with E-state index in [0.717, 1.165) is 18.1 Å². The first-order valence-electron chi connectivity index (χ1n) is 3.85. The Morgan fingerprint density at radius 2 is 1.92 bits per heavy atom. The summed E-state index contributed by atoms with van der Waals surface area (Å²) in [5.74, 6) is 2.13. The van der Waals surface area contributed by atoms with Crippen LogP contribution < -0.4 is 5.73 Å². The van der Waals surface area contributed by atoms with Crippen molar-refractivity contribution in [2.75, 3.05) is 12.3 Å². The number of rotatable bonds is 4. The van der Waals surface area contributed by atoms with Crippen molar-refractivity contribution >= 4 is 34.4 Å². The summed E-state index contributed by atoms with van der Waals surface area (Å²) >= 11 is 4.20. The highest BCUT2D eigenvalue weighted by atomic mass is 127. The maximum Gasteiger partial charge on any atom is 0.0185 e. The first-order valence-corrected chi connectivity index (χ1v) is 6.08. The van der Waals surface area contributed by atoms with Gasteiger partial charge >= 0.3 is 0 Å². The molecular formula is C9H12INS. The molecule has 3 heteroatoms. The van der Waals surface area contributed by atoms with Crippen molar-refractivity contribution in [1.29, 1.82) is 0 Å². The highest BCUT2D eigenvalue weighted by Crippen LogP contribution is 2.13. The lowest BCUT2D eigenvalue weighted by atomic mass is 10.2. The van der Waals surface area contributed by atoms with E-state index in [2.05, 4.69) is 46.9 Å². The van der Waals surface area contributed by atoms with Gasteiger partial charge in [0, 0.05) is 21.6 Å². The van der Waals surface area contributed by atoms with Gasteiger partial charge in [0.05, 0.1) is 0 Å². The molecule has 0 aliphatic carbocycles. The zero-order chi connectivity index (χ0) is 8.81. The van der Waals surface area contributed by atoms with Crippen molar-refractivity contribution in [3.05, 3.63) is 33.4 Å². The molecule has 0 fully saturated rings. The third-order valence-electron chi connectivity index (χ3n) is 1.44. The van der Waals surface area contributed by atoms with Gasteiger partial charge < -0.3 is 5.73 Å². The van der Waals surface area contributed by atoms with E-state index in [-0.39, 0.29) is 0 Å². The maximum atomic E-state index is 5.39. The SMILES string of the molecule is NCCSCc1ccc(I)cc1. The molecule has 1 aromatic carbocycles. The van der Waals surface area contributed by atoms with Gasteiger partial charge in [0.2, 0.25) is 0 Å². The Morgan fingerprint density at radius 3 is 2.50 bits per heavy atom. The van der Waals surface area contributed by atoms with Crippen molar-refractivity contribution < 1.29 is 0 Å². The van der Waals surface area contributed by atoms with Crippen molar-refractivity contribution in [2.45, 2.75) is 5.75 Å². The van der Waals surface area contributed by atoms with Gasteiger partial charge in [-0.3, -0.25) is 0 Å². The second-order valence-electron chi connectivity index (χ2n) is 2.47. The van der Waals surface area contributed by atoms with Gasteiger partial charge in [0.15, 0.2) is 0 Å². The Balaban J connectivity index is 2.37. The summed E-state index contributed by atoms with van der Waals surface area (Å²) in [5.41, 5.74) is 6.78. The Bertz CT molecular complexity index is 222. The van der Waals surface area contributed by atoms with E-state index in [0.29, 0.717) is 0 Å². The summed E-state index contributed by atoms with van der Waals surface area (Å²) in [6.45, 7) is 0.773. The van der Waals surface area contributed by atoms with Gasteiger partial charge in [-0.25, -0.2) is 0 Å². The van der Waals surface area contributed by atoms with E-state index >= 15 is 0 Å². The van der Waals surface area contributed by atoms with Crippen LogP contribution in [0.15, 0.2) is 24.3 Å². The number of halogens is 1. The largest absolute Gasteiger partial charge is 0.330 e. The average molecular weight is 293 g/mol. The fourth-order valence-corrected chi connectivity index (χ4v) is 1.95. The topological polar surface area (TPSA) is 26.0 Å². The minimum Gasteiger partial charge on any atom is -0.330 e. The second kappa shape index (κ2) is 5.83. The first-order chi connectivity index (χ1) is 5.83. The minimum atomic E-state index is 0.773. The molecule has 0 saturated heterocycles. The predicted molar refractivity (Wildman–Crippen MR) is 64.4 cm³/mol. The molecule has 66 valence electrons. The van der Waals surface area contributed by atoms with Crippen LogP contribution in [0.25, 0.3) is 0 Å². The number of hydrogen-bond acceptors (Lipinski definition) is 2. The van der Waals surface area contributed by atoms with E-state index in [1.807, 2.05) is 11.8 Å². The van der Waals surface area contributed by atoms with Crippen LogP contribution in [0.3, 0.4) is 0 Å². The number of thioether (sulfide) groups is 1. The molecular weight excluding hydrogens is 281 g/mol. The summed E-state index contributed by atoms with van der Waals surface area (Å²) in [6, 6.07) is 8.62. The standard InChI is InChI=1S/C9H12INS/c10-9-3-1-8(2-4-9)7-12-6-5-11/h1-4H,5-7,11H2. The number of benzene rings is 1. The highest BCUT2D eigenvalue weighted by Gasteiger charge is 1.92. The molecule has 0 radical (unpaired) electrons. The fourth-order valence-electron chi connectivity index (χ4n) is 0.854. The highest BCUT2D eigenvalue weighted by molar-refractivity contribution is 14.1. The molecule has 0 atom stereocenters. The molecule has 0 heterocycles. The lowest BCUT2D eigenvalue weighted by Crippen LogP contribution is -2.01. The summed E-state index contributed by atoms with van der Waals surface area (Å²) in [6.07, 6.45) is 0. The zero-order valence-corrected chi connectivity index (χ0v) is 9.77. The third kappa shape index (κ3) is 3.78. The molecule has 2 N–H and O–H groups in total. The lowest BCUT2D eigenvalue weighted by Gasteiger charge is -1.99. The summed E-state index contributed by atoms with van der Waals surface area (Å²) in [4.78, 5) is 0. The van der Waals surface area contributed by atoms with Gasteiger partial charge in [-0.1, -0.05) is 12.1 Å². The predicted octanol–water partition coefficient (Wildman–Crippen LogP) is 2.48. The van der Waals surface area contributed by atoms with Crippen LogP contribution in [0.4, 0.5) is 0 Å². The summed E-state index contributed by atoms with van der Waals surface area (Å²) in [5, 5.41) is 0. The minimum absolute atomic E-state index is 0.773. The van der Waals surface area contributed by atoms with Gasteiger partial charge in [-0.2, -0.15) is 11.8 Å². The monoisotopic (exact) mass is 293 g/mol.